The summed E-state index contributed by atoms with van der Waals surface area (Å²) in [6, 6.07) is 0. The van der Waals surface area contributed by atoms with Gasteiger partial charge in [-0.15, -0.1) is 0 Å². The second-order valence-electron chi connectivity index (χ2n) is 0. The first-order valence-corrected chi connectivity index (χ1v) is 0. The first-order valence-electron chi connectivity index (χ1n) is 0. The van der Waals surface area contributed by atoms with Gasteiger partial charge in [0.25, 0.3) is 0 Å². The van der Waals surface area contributed by atoms with Gasteiger partial charge in [-0.25, -0.2) is 0 Å². The van der Waals surface area contributed by atoms with Gasteiger partial charge in [-0.3, -0.25) is 0 Å². The van der Waals surface area contributed by atoms with E-state index in [0.29, 0.717) is 0 Å². The van der Waals surface area contributed by atoms with Gasteiger partial charge in [0.05, 0.1) is 0 Å². The molecule has 4 heavy (non-hydrogen) atoms. The van der Waals surface area contributed by atoms with Crippen LogP contribution in [0.5, 0.6) is 0 Å². The van der Waals surface area contributed by atoms with Crippen LogP contribution in [0.25, 0.3) is 0 Å². The Balaban J connectivity index is 0. The van der Waals surface area contributed by atoms with Gasteiger partial charge in [0.2, 0.25) is 0 Å². The van der Waals surface area contributed by atoms with E-state index in [2.05, 4.69) is 0 Å². The minimum absolute atomic E-state index is 0. The van der Waals surface area contributed by atoms with Crippen molar-refractivity contribution >= 4 is 0 Å². The number of hydrogen-bond donors (Lipinski definition) is 0. The Kier molecular flexibility index (Phi) is 188. The van der Waals surface area contributed by atoms with Crippen LogP contribution in [0.4, 0.5) is 0 Å². The van der Waals surface area contributed by atoms with Crippen molar-refractivity contribution in [3.63, 3.8) is 0 Å². The van der Waals surface area contributed by atoms with Gasteiger partial charge in [0, 0.05) is 61.6 Å². The van der Waals surface area contributed by atoms with Crippen LogP contribution in [0.2, 0.25) is 0 Å². The van der Waals surface area contributed by atoms with E-state index in [0.717, 1.165) is 0 Å². The molecule has 0 radical (unpaired) electrons. The van der Waals surface area contributed by atoms with Crippen molar-refractivity contribution in [2.75, 3.05) is 0 Å². The van der Waals surface area contributed by atoms with Gasteiger partial charge < -0.3 is 0 Å². The van der Waals surface area contributed by atoms with Crippen molar-refractivity contribution in [3.05, 3.63) is 0 Å². The van der Waals surface area contributed by atoms with Gasteiger partial charge in [0.15, 0.2) is 0 Å². The smallest absolute Gasteiger partial charge is 0 e. The predicted molar refractivity (Wildman–Crippen MR) is 6.73 cm³/mol. The third-order valence-electron chi connectivity index (χ3n) is 0. The maximum absolute atomic E-state index is 0. The average Bonchev–Trinajstić information content (AvgIpc) is 0. The van der Waals surface area contributed by atoms with E-state index in [1.807, 2.05) is 0 Å². The molecule has 0 spiro atoms. The van der Waals surface area contributed by atoms with Gasteiger partial charge in [-0.2, -0.15) is 0 Å². The van der Waals surface area contributed by atoms with Crippen molar-refractivity contribution in [2.45, 2.75) is 7.43 Å². The van der Waals surface area contributed by atoms with Crippen LogP contribution < -0.4 is 0 Å². The first kappa shape index (κ1) is 37.5. The molecule has 0 bridgehead atoms. The van der Waals surface area contributed by atoms with E-state index in [4.69, 9.17) is 0 Å². The van der Waals surface area contributed by atoms with Gasteiger partial charge in [-0.1, -0.05) is 7.43 Å². The molecule has 0 aromatic carbocycles. The molecular weight excluding hydrogens is 503 g/mol. The molecule has 36 valence electrons. The van der Waals surface area contributed by atoms with Crippen LogP contribution in [-0.4, -0.2) is 0 Å². The molecule has 0 unspecified atom stereocenters. The molecule has 0 amide bonds. The summed E-state index contributed by atoms with van der Waals surface area (Å²) in [6.07, 6.45) is 0. The molecule has 0 atom stereocenters. The van der Waals surface area contributed by atoms with E-state index in [1.165, 1.54) is 0 Å². The van der Waals surface area contributed by atoms with Crippen LogP contribution >= 0.6 is 0 Å². The van der Waals surface area contributed by atoms with E-state index in [-0.39, 0.29) is 69.0 Å². The minimum atomic E-state index is 0. The Hall–Kier alpha value is 2.00. The van der Waals surface area contributed by atoms with Crippen molar-refractivity contribution < 1.29 is 61.6 Å². The first-order chi connectivity index (χ1) is 0. The van der Waals surface area contributed by atoms with Crippen molar-refractivity contribution in [1.29, 1.82) is 0 Å². The van der Waals surface area contributed by atoms with Crippen LogP contribution in [0.15, 0.2) is 0 Å². The summed E-state index contributed by atoms with van der Waals surface area (Å²) in [5.41, 5.74) is 0. The number of rotatable bonds is 0. The zero-order valence-electron chi connectivity index (χ0n) is 0.986. The largest absolute Gasteiger partial charge is 0.0776 e. The second kappa shape index (κ2) is 20.0. The molecule has 3 heteroatoms. The molecule has 0 N–H and O–H groups in total. The van der Waals surface area contributed by atoms with Crippen molar-refractivity contribution in [3.8, 4) is 0 Å². The van der Waals surface area contributed by atoms with Crippen LogP contribution in [0, 0.1) is 0 Å². The van der Waals surface area contributed by atoms with E-state index in [9.17, 15) is 0 Å². The normalized spacial score (nSPS) is 0. The molecule has 0 aliphatic rings. The fraction of sp³-hybridized carbons (Fsp3) is 1.00. The second-order valence-corrected chi connectivity index (χ2v) is 0. The van der Waals surface area contributed by atoms with Crippen LogP contribution in [0.3, 0.4) is 0 Å². The van der Waals surface area contributed by atoms with E-state index in [1.54, 1.807) is 0 Å². The Morgan fingerprint density at radius 1 is 0.750 bits per heavy atom. The fourth-order valence-electron chi connectivity index (χ4n) is 0. The molecule has 0 heterocycles. The Bertz CT molecular complexity index is 6.00. The van der Waals surface area contributed by atoms with Crippen LogP contribution in [0.1, 0.15) is 7.43 Å². The molecule has 0 rings (SSSR count). The van der Waals surface area contributed by atoms with Crippen molar-refractivity contribution in [1.82, 2.24) is 0 Å². The summed E-state index contributed by atoms with van der Waals surface area (Å²) < 4.78 is 0. The third-order valence-corrected chi connectivity index (χ3v) is 0. The summed E-state index contributed by atoms with van der Waals surface area (Å²) in [7, 11) is 0. The topological polar surface area (TPSA) is 0 Å². The van der Waals surface area contributed by atoms with E-state index >= 15 is 0 Å². The van der Waals surface area contributed by atoms with Crippen LogP contribution in [-0.2, 0) is 61.6 Å². The summed E-state index contributed by atoms with van der Waals surface area (Å²) in [6.45, 7) is 0. The molecule has 0 nitrogen and oxygen atoms in total. The van der Waals surface area contributed by atoms with Crippen molar-refractivity contribution in [2.24, 2.45) is 0 Å². The third kappa shape index (κ3) is 9.00. The molecule has 0 saturated carbocycles. The van der Waals surface area contributed by atoms with Gasteiger partial charge in [0.1, 0.15) is 0 Å². The predicted octanol–water partition coefficient (Wildman–Crippen LogP) is 0.629. The molecular formula is CH4Pt2Ru. The summed E-state index contributed by atoms with van der Waals surface area (Å²) in [4.78, 5) is 0. The SMILES string of the molecule is C.[Pt].[Pt].[Ru]. The zero-order valence-corrected chi connectivity index (χ0v) is 7.27. The minimum Gasteiger partial charge on any atom is -0.0776 e. The number of hydrogen-bond acceptors (Lipinski definition) is 0. The van der Waals surface area contributed by atoms with Gasteiger partial charge >= 0.3 is 0 Å². The fourth-order valence-corrected chi connectivity index (χ4v) is 0. The molecule has 0 aliphatic carbocycles. The van der Waals surface area contributed by atoms with E-state index < -0.39 is 0 Å². The Morgan fingerprint density at radius 2 is 0.750 bits per heavy atom. The Morgan fingerprint density at radius 3 is 0.750 bits per heavy atom. The molecule has 0 aliphatic heterocycles. The maximum Gasteiger partial charge on any atom is 0 e. The Labute approximate surface area is 68.4 Å². The summed E-state index contributed by atoms with van der Waals surface area (Å²) >= 11 is 0. The quantitative estimate of drug-likeness (QED) is 0.423. The molecule has 0 aromatic rings. The maximum atomic E-state index is 0. The summed E-state index contributed by atoms with van der Waals surface area (Å²) in [5.74, 6) is 0. The monoisotopic (exact) mass is 508 g/mol. The average molecular weight is 507 g/mol. The summed E-state index contributed by atoms with van der Waals surface area (Å²) in [5, 5.41) is 0. The molecule has 0 aromatic heterocycles. The standard InChI is InChI=1S/CH4.2Pt.Ru/h1H4;;;. The molecule has 0 fully saturated rings. The molecule has 0 saturated heterocycles. The van der Waals surface area contributed by atoms with Gasteiger partial charge in [-0.05, 0) is 0 Å². The zero-order chi connectivity index (χ0) is 0.